The minimum absolute atomic E-state index is 0.239. The zero-order valence-electron chi connectivity index (χ0n) is 10.2. The lowest BCUT2D eigenvalue weighted by atomic mass is 10.1. The highest BCUT2D eigenvalue weighted by Gasteiger charge is 2.13. The first kappa shape index (κ1) is 12.2. The van der Waals surface area contributed by atoms with Crippen molar-refractivity contribution in [3.8, 4) is 11.4 Å². The summed E-state index contributed by atoms with van der Waals surface area (Å²) in [6.07, 6.45) is 3.78. The van der Waals surface area contributed by atoms with Crippen LogP contribution in [-0.2, 0) is 6.42 Å². The highest BCUT2D eigenvalue weighted by Crippen LogP contribution is 2.19. The number of nitrogens with zero attached hydrogens (tertiary/aromatic N) is 3. The molecule has 2 aromatic rings. The van der Waals surface area contributed by atoms with Gasteiger partial charge in [-0.25, -0.2) is 4.79 Å². The molecule has 0 saturated heterocycles. The average Bonchev–Trinajstić information content (AvgIpc) is 2.38. The number of aromatic nitrogens is 3. The summed E-state index contributed by atoms with van der Waals surface area (Å²) >= 11 is 0. The molecule has 2 heterocycles. The van der Waals surface area contributed by atoms with Gasteiger partial charge in [-0.05, 0) is 25.5 Å². The molecule has 2 aromatic heterocycles. The number of hydrogen-bond acceptors (Lipinski definition) is 4. The van der Waals surface area contributed by atoms with Gasteiger partial charge in [0.15, 0.2) is 0 Å². The first-order valence-corrected chi connectivity index (χ1v) is 5.64. The molecule has 0 saturated carbocycles. The van der Waals surface area contributed by atoms with Crippen LogP contribution in [0.15, 0.2) is 24.5 Å². The van der Waals surface area contributed by atoms with Gasteiger partial charge in [-0.2, -0.15) is 0 Å². The average molecular weight is 243 g/mol. The van der Waals surface area contributed by atoms with Gasteiger partial charge in [0.25, 0.3) is 0 Å². The fourth-order valence-corrected chi connectivity index (χ4v) is 1.76. The third kappa shape index (κ3) is 2.20. The molecule has 0 aliphatic carbocycles. The Hall–Kier alpha value is -2.30. The summed E-state index contributed by atoms with van der Waals surface area (Å²) in [5.41, 5.74) is 2.91. The van der Waals surface area contributed by atoms with Crippen molar-refractivity contribution in [3.05, 3.63) is 41.5 Å². The minimum Gasteiger partial charge on any atom is -0.478 e. The molecule has 0 radical (unpaired) electrons. The predicted octanol–water partition coefficient (Wildman–Crippen LogP) is 2.11. The van der Waals surface area contributed by atoms with Crippen LogP contribution in [0.3, 0.4) is 0 Å². The third-order valence-corrected chi connectivity index (χ3v) is 2.66. The van der Waals surface area contributed by atoms with Crippen molar-refractivity contribution >= 4 is 5.97 Å². The summed E-state index contributed by atoms with van der Waals surface area (Å²) in [5, 5.41) is 9.04. The summed E-state index contributed by atoms with van der Waals surface area (Å²) in [4.78, 5) is 23.8. The Morgan fingerprint density at radius 1 is 1.28 bits per heavy atom. The molecule has 0 bridgehead atoms. The number of aromatic carboxylic acids is 1. The van der Waals surface area contributed by atoms with E-state index in [-0.39, 0.29) is 5.56 Å². The number of hydrogen-bond donors (Lipinski definition) is 1. The van der Waals surface area contributed by atoms with Crippen molar-refractivity contribution < 1.29 is 9.90 Å². The second-order valence-corrected chi connectivity index (χ2v) is 3.84. The molecule has 0 aliphatic rings. The third-order valence-electron chi connectivity index (χ3n) is 2.66. The lowest BCUT2D eigenvalue weighted by Crippen LogP contribution is -2.05. The molecule has 5 nitrogen and oxygen atoms in total. The van der Waals surface area contributed by atoms with Crippen molar-refractivity contribution in [2.24, 2.45) is 0 Å². The first-order valence-electron chi connectivity index (χ1n) is 5.64. The van der Waals surface area contributed by atoms with E-state index in [2.05, 4.69) is 15.0 Å². The van der Waals surface area contributed by atoms with Gasteiger partial charge < -0.3 is 5.11 Å². The molecule has 5 heteroatoms. The number of carboxylic acids is 1. The van der Waals surface area contributed by atoms with Crippen LogP contribution in [0.5, 0.6) is 0 Å². The zero-order valence-corrected chi connectivity index (χ0v) is 10.2. The molecule has 0 unspecified atom stereocenters. The molecule has 0 aromatic carbocycles. The van der Waals surface area contributed by atoms with E-state index in [0.717, 1.165) is 5.69 Å². The highest BCUT2D eigenvalue weighted by atomic mass is 16.4. The molecule has 0 spiro atoms. The predicted molar refractivity (Wildman–Crippen MR) is 66.3 cm³/mol. The van der Waals surface area contributed by atoms with E-state index < -0.39 is 5.97 Å². The maximum absolute atomic E-state index is 11.0. The number of aryl methyl sites for hydroxylation is 2. The topological polar surface area (TPSA) is 76.0 Å². The van der Waals surface area contributed by atoms with Gasteiger partial charge in [-0.1, -0.05) is 6.92 Å². The van der Waals surface area contributed by atoms with Crippen LogP contribution in [0.1, 0.15) is 28.7 Å². The Kier molecular flexibility index (Phi) is 3.32. The standard InChI is InChI=1S/C13H13N3O2/c1-3-10-9(13(17)18)4-5-11(16-10)12-8(2)14-6-7-15-12/h4-7H,3H2,1-2H3,(H,17,18). The van der Waals surface area contributed by atoms with Gasteiger partial charge in [-0.3, -0.25) is 15.0 Å². The van der Waals surface area contributed by atoms with E-state index >= 15 is 0 Å². The van der Waals surface area contributed by atoms with Gasteiger partial charge in [0, 0.05) is 12.4 Å². The second-order valence-electron chi connectivity index (χ2n) is 3.84. The number of carbonyl (C=O) groups is 1. The minimum atomic E-state index is -0.957. The summed E-state index contributed by atoms with van der Waals surface area (Å²) in [6, 6.07) is 3.23. The van der Waals surface area contributed by atoms with Gasteiger partial charge in [0.1, 0.15) is 5.69 Å². The molecule has 18 heavy (non-hydrogen) atoms. The molecule has 92 valence electrons. The Morgan fingerprint density at radius 2 is 2.00 bits per heavy atom. The van der Waals surface area contributed by atoms with Gasteiger partial charge in [-0.15, -0.1) is 0 Å². The van der Waals surface area contributed by atoms with Crippen molar-refractivity contribution in [2.45, 2.75) is 20.3 Å². The SMILES string of the molecule is CCc1nc(-c2nccnc2C)ccc1C(=O)O. The summed E-state index contributed by atoms with van der Waals surface area (Å²) < 4.78 is 0. The van der Waals surface area contributed by atoms with E-state index in [1.54, 1.807) is 24.5 Å². The molecule has 2 rings (SSSR count). The highest BCUT2D eigenvalue weighted by molar-refractivity contribution is 5.89. The van der Waals surface area contributed by atoms with Crippen molar-refractivity contribution in [1.82, 2.24) is 15.0 Å². The monoisotopic (exact) mass is 243 g/mol. The lowest BCUT2D eigenvalue weighted by Gasteiger charge is -2.07. The van der Waals surface area contributed by atoms with Crippen LogP contribution >= 0.6 is 0 Å². The van der Waals surface area contributed by atoms with Crippen LogP contribution in [-0.4, -0.2) is 26.0 Å². The summed E-state index contributed by atoms with van der Waals surface area (Å²) in [5.74, 6) is -0.957. The van der Waals surface area contributed by atoms with E-state index in [9.17, 15) is 4.79 Å². The fourth-order valence-electron chi connectivity index (χ4n) is 1.76. The second kappa shape index (κ2) is 4.91. The van der Waals surface area contributed by atoms with E-state index in [1.807, 2.05) is 13.8 Å². The Balaban J connectivity index is 2.55. The van der Waals surface area contributed by atoms with Crippen molar-refractivity contribution in [2.75, 3.05) is 0 Å². The van der Waals surface area contributed by atoms with Crippen LogP contribution in [0.25, 0.3) is 11.4 Å². The first-order chi connectivity index (χ1) is 8.63. The van der Waals surface area contributed by atoms with Crippen LogP contribution in [0, 0.1) is 6.92 Å². The molecule has 0 amide bonds. The van der Waals surface area contributed by atoms with Crippen LogP contribution in [0.2, 0.25) is 0 Å². The number of rotatable bonds is 3. The molecular weight excluding hydrogens is 230 g/mol. The molecular formula is C13H13N3O2. The summed E-state index contributed by atoms with van der Waals surface area (Å²) in [7, 11) is 0. The van der Waals surface area contributed by atoms with Gasteiger partial charge in [0.05, 0.1) is 22.6 Å². The van der Waals surface area contributed by atoms with Crippen molar-refractivity contribution in [3.63, 3.8) is 0 Å². The Labute approximate surface area is 105 Å². The smallest absolute Gasteiger partial charge is 0.337 e. The quantitative estimate of drug-likeness (QED) is 0.893. The van der Waals surface area contributed by atoms with E-state index in [0.29, 0.717) is 23.5 Å². The largest absolute Gasteiger partial charge is 0.478 e. The van der Waals surface area contributed by atoms with Gasteiger partial charge >= 0.3 is 5.97 Å². The van der Waals surface area contributed by atoms with Gasteiger partial charge in [0.2, 0.25) is 0 Å². The molecule has 1 N–H and O–H groups in total. The Morgan fingerprint density at radius 3 is 2.61 bits per heavy atom. The zero-order chi connectivity index (χ0) is 13.1. The summed E-state index contributed by atoms with van der Waals surface area (Å²) in [6.45, 7) is 3.73. The molecule has 0 fully saturated rings. The molecule has 0 aliphatic heterocycles. The van der Waals surface area contributed by atoms with E-state index in [1.165, 1.54) is 0 Å². The normalized spacial score (nSPS) is 10.3. The lowest BCUT2D eigenvalue weighted by molar-refractivity contribution is 0.0695. The maximum atomic E-state index is 11.0. The molecule has 0 atom stereocenters. The van der Waals surface area contributed by atoms with Crippen LogP contribution in [0.4, 0.5) is 0 Å². The number of pyridine rings is 1. The van der Waals surface area contributed by atoms with E-state index in [4.69, 9.17) is 5.11 Å². The fraction of sp³-hybridized carbons (Fsp3) is 0.231. The maximum Gasteiger partial charge on any atom is 0.337 e. The van der Waals surface area contributed by atoms with Crippen molar-refractivity contribution in [1.29, 1.82) is 0 Å². The van der Waals surface area contributed by atoms with Crippen LogP contribution < -0.4 is 0 Å². The number of carboxylic acid groups (broad SMARTS) is 1. The Bertz CT molecular complexity index is 597.